The van der Waals surface area contributed by atoms with E-state index in [1.807, 2.05) is 78.9 Å². The molecular weight excluding hydrogens is 2200 g/mol. The van der Waals surface area contributed by atoms with Crippen molar-refractivity contribution in [2.75, 3.05) is 15.1 Å². The van der Waals surface area contributed by atoms with Gasteiger partial charge in [-0.15, -0.1) is 0 Å². The van der Waals surface area contributed by atoms with Crippen LogP contribution in [-0.4, -0.2) is 19.9 Å². The maximum absolute atomic E-state index is 6.72. The van der Waals surface area contributed by atoms with Crippen LogP contribution in [0.1, 0.15) is 7.43 Å². The molecule has 12 nitrogen and oxygen atoms in total. The zero-order chi connectivity index (χ0) is 90.1. The number of hydrogen-bond donors (Lipinski definition) is 1. The summed E-state index contributed by atoms with van der Waals surface area (Å²) in [5, 5.41) is 28.2. The van der Waals surface area contributed by atoms with Crippen LogP contribution in [0, 0.1) is 0 Å². The van der Waals surface area contributed by atoms with Crippen molar-refractivity contribution in [2.45, 2.75) is 7.43 Å². The van der Waals surface area contributed by atoms with Gasteiger partial charge in [-0.3, -0.25) is 9.80 Å². The largest absolute Gasteiger partial charge is 0.456 e. The Balaban J connectivity index is 0.000000143. The molecule has 0 unspecified atom stereocenters. The molecular formula is C99H61Br2N7O5S21. The SMILES string of the molecule is Brc1ccc2c(n1)oc1nc(Br)ccc12.C.S=S=S=S=S=S=S=S=S=S.S=S=S=S=S=S=S=S=S=S=S.c1ccc2cc3cc(N(c4ccc5c(c4)oc4ccccc45)c4ccc5c(n4)oc4nc(N(c6ccc7cc8ccccc8cc7c6)c6ccc7c(c6)oc6ccccc67)ccc45)ccc3cc2c1.c1ccc2cc3cc(Nc4ccc5c(c4)oc4ccccc45)ccc3cc2c1. The van der Waals surface area contributed by atoms with Gasteiger partial charge in [0.1, 0.15) is 54.3 Å². The molecule has 0 atom stereocenters. The summed E-state index contributed by atoms with van der Waals surface area (Å²) in [6.45, 7) is 0. The smallest absolute Gasteiger partial charge is 0.231 e. The Morgan fingerprint density at radius 1 is 0.216 bits per heavy atom. The molecule has 9 aromatic heterocycles. The van der Waals surface area contributed by atoms with E-state index in [2.05, 4.69) is 363 Å². The first-order valence-electron chi connectivity index (χ1n) is 40.0. The topological polar surface area (TPSA) is 136 Å². The maximum Gasteiger partial charge on any atom is 0.231 e. The first-order chi connectivity index (χ1) is 65.5. The standard InChI is InChI=1S/C62H36N4O3.C26H17NO.C10H4Br2N2O.CH4.S11.S10/c1-3-11-39-31-43-33-45(19-17-41(43)29-37(39)9-1)65(47-21-23-51-49-13-5-7-15-55(49)67-57(51)35-47)59-27-25-53-54-26-28-60(64-62(54)69-61(53)63-59)66(48-22-24-52-50-14-6-8-16-56(50)68-58(52)36-48)46-20-18-42-30-38-10-2-4-12-40(38)32-44(42)34-46;1-2-6-18-14-20-15-21(10-9-19(20)13-17(18)5-1)27-22-11-12-24-23-7-3-4-8-25(23)28-26(24)16-22;11-7-3-1-5-6-2-4-8(12)14-10(6)15-9(5)13-7;;1-3-5-7-9-11-10-8-6-4-2;1-3-5-7-9-10-8-6-4-2/h1-36H;1-16,27H;1-4H;1H4;;. The zero-order valence-electron chi connectivity index (χ0n) is 67.9. The van der Waals surface area contributed by atoms with Crippen molar-refractivity contribution >= 4 is 448 Å². The Morgan fingerprint density at radius 3 is 0.858 bits per heavy atom. The molecule has 0 fully saturated rings. The number of pyridine rings is 4. The average molecular weight is 2260 g/mol. The third-order valence-electron chi connectivity index (χ3n) is 21.7. The fraction of sp³-hybridized carbons (Fsp3) is 0.0101. The molecule has 662 valence electrons. The predicted octanol–water partition coefficient (Wildman–Crippen LogP) is 29.8. The Morgan fingerprint density at radius 2 is 0.478 bits per heavy atom. The number of hydrogen-bond acceptors (Lipinski definition) is 16. The molecule has 0 saturated heterocycles. The van der Waals surface area contributed by atoms with E-state index in [0.29, 0.717) is 34.5 Å². The summed E-state index contributed by atoms with van der Waals surface area (Å²) < 4.78 is 32.6. The van der Waals surface area contributed by atoms with E-state index in [1.165, 1.54) is 78.6 Å². The first-order valence-corrected chi connectivity index (χ1v) is 66.9. The number of furan rings is 5. The first kappa shape index (κ1) is 93.5. The van der Waals surface area contributed by atoms with E-state index in [1.54, 1.807) is 115 Å². The second kappa shape index (κ2) is 43.8. The average Bonchev–Trinajstić information content (AvgIpc) is 1.47. The molecule has 1 N–H and O–H groups in total. The molecule has 0 amide bonds. The molecule has 0 radical (unpaired) electrons. The number of halogens is 2. The highest BCUT2D eigenvalue weighted by molar-refractivity contribution is 9.10. The second-order valence-electron chi connectivity index (χ2n) is 29.3. The minimum Gasteiger partial charge on any atom is -0.456 e. The summed E-state index contributed by atoms with van der Waals surface area (Å²) in [5.41, 5.74) is 13.1. The van der Waals surface area contributed by atoms with Crippen LogP contribution in [0.15, 0.2) is 371 Å². The number of nitrogens with one attached hydrogen (secondary N) is 1. The number of para-hydroxylation sites is 3. The summed E-state index contributed by atoms with van der Waals surface area (Å²) in [5.74, 6) is 1.39. The number of aromatic nitrogens is 4. The van der Waals surface area contributed by atoms with Gasteiger partial charge in [0.2, 0.25) is 22.9 Å². The summed E-state index contributed by atoms with van der Waals surface area (Å²) >= 11 is 25.3. The van der Waals surface area contributed by atoms with E-state index in [4.69, 9.17) is 32.1 Å². The van der Waals surface area contributed by atoms with E-state index in [-0.39, 0.29) is 7.43 Å². The quantitative estimate of drug-likeness (QED) is 0.114. The third-order valence-corrected chi connectivity index (χ3v) is 55.9. The van der Waals surface area contributed by atoms with Crippen molar-refractivity contribution in [1.29, 1.82) is 0 Å². The molecule has 0 spiro atoms. The molecule has 0 aliphatic heterocycles. The third kappa shape index (κ3) is 21.0. The Hall–Kier alpha value is -9.56. The minimum absolute atomic E-state index is 0. The lowest BCUT2D eigenvalue weighted by molar-refractivity contribution is 0.638. The minimum atomic E-state index is 0. The Labute approximate surface area is 850 Å². The van der Waals surface area contributed by atoms with Crippen molar-refractivity contribution < 1.29 is 22.1 Å². The van der Waals surface area contributed by atoms with Crippen LogP contribution in [0.25, 0.3) is 175 Å². The van der Waals surface area contributed by atoms with Crippen molar-refractivity contribution in [1.82, 2.24) is 19.9 Å². The van der Waals surface area contributed by atoms with Crippen molar-refractivity contribution in [3.05, 3.63) is 349 Å². The molecule has 0 saturated carbocycles. The lowest BCUT2D eigenvalue weighted by Gasteiger charge is -2.24. The van der Waals surface area contributed by atoms with E-state index in [0.717, 1.165) is 152 Å². The lowest BCUT2D eigenvalue weighted by atomic mass is 10.0. The normalized spacial score (nSPS) is 11.0. The molecule has 24 aromatic rings. The highest BCUT2D eigenvalue weighted by atomic mass is 79.9. The van der Waals surface area contributed by atoms with E-state index in [9.17, 15) is 0 Å². The molecule has 134 heavy (non-hydrogen) atoms. The highest BCUT2D eigenvalue weighted by Crippen LogP contribution is 2.45. The molecule has 15 aromatic carbocycles. The van der Waals surface area contributed by atoms with Crippen molar-refractivity contribution in [3.63, 3.8) is 0 Å². The van der Waals surface area contributed by atoms with Crippen LogP contribution in [0.2, 0.25) is 0 Å². The monoisotopic (exact) mass is 2260 g/mol. The maximum atomic E-state index is 6.72. The predicted molar refractivity (Wildman–Crippen MR) is 628 cm³/mol. The van der Waals surface area contributed by atoms with Gasteiger partial charge in [0.05, 0.1) is 22.1 Å². The number of benzene rings is 15. The fourth-order valence-electron chi connectivity index (χ4n) is 16.1. The van der Waals surface area contributed by atoms with Crippen LogP contribution >= 0.6 is 31.9 Å². The fourth-order valence-corrected chi connectivity index (χ4v) is 52.3. The molecule has 0 aliphatic carbocycles. The van der Waals surface area contributed by atoms with Gasteiger partial charge in [-0.25, -0.2) is 9.97 Å². The van der Waals surface area contributed by atoms with Crippen molar-refractivity contribution in [3.8, 4) is 0 Å². The van der Waals surface area contributed by atoms with Gasteiger partial charge in [-0.05, 0) is 272 Å². The number of nitrogens with zero attached hydrogens (tertiary/aromatic N) is 6. The zero-order valence-corrected chi connectivity index (χ0v) is 88.2. The van der Waals surface area contributed by atoms with Gasteiger partial charge in [-0.1, -0.05) is 153 Å². The van der Waals surface area contributed by atoms with Crippen LogP contribution in [0.3, 0.4) is 0 Å². The number of anilines is 8. The molecule has 9 heterocycles. The molecule has 0 bridgehead atoms. The van der Waals surface area contributed by atoms with Crippen LogP contribution in [0.4, 0.5) is 45.8 Å². The van der Waals surface area contributed by atoms with Crippen molar-refractivity contribution in [2.24, 2.45) is 0 Å². The van der Waals surface area contributed by atoms with Crippen LogP contribution < -0.4 is 15.1 Å². The van der Waals surface area contributed by atoms with Gasteiger partial charge in [0.25, 0.3) is 0 Å². The van der Waals surface area contributed by atoms with Crippen LogP contribution in [-0.2, 0) is 196 Å². The van der Waals surface area contributed by atoms with Gasteiger partial charge in [-0.2, -0.15) is 9.97 Å². The lowest BCUT2D eigenvalue weighted by Crippen LogP contribution is -2.11. The Bertz CT molecular complexity index is 9310. The van der Waals surface area contributed by atoms with Gasteiger partial charge in [0, 0.05) is 280 Å². The highest BCUT2D eigenvalue weighted by Gasteiger charge is 2.24. The summed E-state index contributed by atoms with van der Waals surface area (Å²) in [7, 11) is 27.2. The summed E-state index contributed by atoms with van der Waals surface area (Å²) in [4.78, 5) is 23.4. The van der Waals surface area contributed by atoms with Gasteiger partial charge < -0.3 is 27.4 Å². The number of fused-ring (bicyclic) bond motifs is 21. The van der Waals surface area contributed by atoms with E-state index < -0.39 is 0 Å². The van der Waals surface area contributed by atoms with E-state index >= 15 is 0 Å². The van der Waals surface area contributed by atoms with Gasteiger partial charge in [0.15, 0.2) is 0 Å². The second-order valence-corrected chi connectivity index (χ2v) is 61.0. The molecule has 24 rings (SSSR count). The molecule has 35 heteroatoms. The van der Waals surface area contributed by atoms with Crippen LogP contribution in [0.5, 0.6) is 0 Å². The Kier molecular flexibility index (Phi) is 30.6. The molecule has 0 aliphatic rings. The summed E-state index contributed by atoms with van der Waals surface area (Å²) in [6.07, 6.45) is 0. The summed E-state index contributed by atoms with van der Waals surface area (Å²) in [6, 6.07) is 118. The van der Waals surface area contributed by atoms with Gasteiger partial charge >= 0.3 is 0 Å². The number of rotatable bonds is 8.